The summed E-state index contributed by atoms with van der Waals surface area (Å²) in [6.07, 6.45) is 3.57. The summed E-state index contributed by atoms with van der Waals surface area (Å²) in [5.74, 6) is 0.296. The normalized spacial score (nSPS) is 14.3. The van der Waals surface area contributed by atoms with E-state index in [1.54, 1.807) is 11.3 Å². The van der Waals surface area contributed by atoms with Gasteiger partial charge in [0.25, 0.3) is 0 Å². The molecule has 0 radical (unpaired) electrons. The van der Waals surface area contributed by atoms with Gasteiger partial charge in [0.1, 0.15) is 0 Å². The number of hydrogen-bond acceptors (Lipinski definition) is 9. The van der Waals surface area contributed by atoms with Gasteiger partial charge in [-0.2, -0.15) is 4.98 Å². The van der Waals surface area contributed by atoms with Gasteiger partial charge in [-0.15, -0.1) is 11.3 Å². The molecule has 0 spiro atoms. The third kappa shape index (κ3) is 4.45. The van der Waals surface area contributed by atoms with Crippen LogP contribution in [-0.2, 0) is 11.3 Å². The van der Waals surface area contributed by atoms with Gasteiger partial charge in [-0.1, -0.05) is 6.92 Å². The fraction of sp³-hybridized carbons (Fsp3) is 0.421. The van der Waals surface area contributed by atoms with Crippen LogP contribution < -0.4 is 9.80 Å². The summed E-state index contributed by atoms with van der Waals surface area (Å²) in [5, 5.41) is 9.29. The zero-order chi connectivity index (χ0) is 21.1. The lowest BCUT2D eigenvalue weighted by molar-refractivity contribution is 0.0696. The van der Waals surface area contributed by atoms with Crippen LogP contribution in [0, 0.1) is 0 Å². The molecule has 1 N–H and O–H groups in total. The second-order valence-corrected chi connectivity index (χ2v) is 8.32. The Labute approximate surface area is 182 Å². The standard InChI is InChI=1S/C19H21ClN6O3S/c1-2-3-26(19-21-9-12(10-22-19)17(27)28)11-13-8-14-15(30-13)16(24-18(20)23-14)25-4-6-29-7-5-25/h8-10H,2-7,11H2,1H3,(H,27,28). The monoisotopic (exact) mass is 448 g/mol. The lowest BCUT2D eigenvalue weighted by atomic mass is 10.3. The Bertz CT molecular complexity index is 1040. The van der Waals surface area contributed by atoms with E-state index in [9.17, 15) is 4.79 Å². The molecule has 4 rings (SSSR count). The van der Waals surface area contributed by atoms with Crippen molar-refractivity contribution in [1.82, 2.24) is 19.9 Å². The minimum absolute atomic E-state index is 0.0668. The number of carboxylic acid groups (broad SMARTS) is 1. The van der Waals surface area contributed by atoms with E-state index in [0.717, 1.165) is 47.0 Å². The van der Waals surface area contributed by atoms with Crippen LogP contribution in [0.2, 0.25) is 5.28 Å². The Kier molecular flexibility index (Phi) is 6.26. The molecule has 3 aromatic rings. The number of hydrogen-bond donors (Lipinski definition) is 1. The van der Waals surface area contributed by atoms with Crippen molar-refractivity contribution < 1.29 is 14.6 Å². The molecular formula is C19H21ClN6O3S. The molecule has 3 aromatic heterocycles. The van der Waals surface area contributed by atoms with E-state index >= 15 is 0 Å². The SMILES string of the molecule is CCCN(Cc1cc2nc(Cl)nc(N3CCOCC3)c2s1)c1ncc(C(=O)O)cn1. The van der Waals surface area contributed by atoms with Gasteiger partial charge in [0.15, 0.2) is 5.82 Å². The lowest BCUT2D eigenvalue weighted by Gasteiger charge is -2.28. The highest BCUT2D eigenvalue weighted by molar-refractivity contribution is 7.19. The molecule has 1 aliphatic rings. The molecule has 0 unspecified atom stereocenters. The first kappa shape index (κ1) is 20.7. The maximum atomic E-state index is 11.1. The van der Waals surface area contributed by atoms with Crippen molar-refractivity contribution >= 4 is 50.9 Å². The highest BCUT2D eigenvalue weighted by atomic mass is 35.5. The van der Waals surface area contributed by atoms with Gasteiger partial charge < -0.3 is 19.6 Å². The Morgan fingerprint density at radius 1 is 1.30 bits per heavy atom. The number of thiophene rings is 1. The minimum atomic E-state index is -1.04. The molecule has 0 amide bonds. The van der Waals surface area contributed by atoms with E-state index in [1.807, 2.05) is 11.0 Å². The van der Waals surface area contributed by atoms with E-state index in [1.165, 1.54) is 12.4 Å². The Morgan fingerprint density at radius 3 is 2.70 bits per heavy atom. The number of nitrogens with zero attached hydrogens (tertiary/aromatic N) is 6. The van der Waals surface area contributed by atoms with E-state index in [0.29, 0.717) is 25.7 Å². The molecule has 0 atom stereocenters. The number of anilines is 2. The maximum Gasteiger partial charge on any atom is 0.338 e. The molecule has 158 valence electrons. The number of fused-ring (bicyclic) bond motifs is 1. The number of rotatable bonds is 7. The summed E-state index contributed by atoms with van der Waals surface area (Å²) in [4.78, 5) is 33.7. The van der Waals surface area contributed by atoms with Crippen LogP contribution in [0.25, 0.3) is 10.2 Å². The zero-order valence-electron chi connectivity index (χ0n) is 16.4. The van der Waals surface area contributed by atoms with Crippen LogP contribution >= 0.6 is 22.9 Å². The lowest BCUT2D eigenvalue weighted by Crippen LogP contribution is -2.36. The van der Waals surface area contributed by atoms with Gasteiger partial charge in [0, 0.05) is 36.9 Å². The van der Waals surface area contributed by atoms with Crippen LogP contribution in [0.3, 0.4) is 0 Å². The maximum absolute atomic E-state index is 11.1. The van der Waals surface area contributed by atoms with Crippen LogP contribution in [0.4, 0.5) is 11.8 Å². The number of morpholine rings is 1. The highest BCUT2D eigenvalue weighted by Gasteiger charge is 2.20. The molecule has 9 nitrogen and oxygen atoms in total. The molecule has 30 heavy (non-hydrogen) atoms. The number of ether oxygens (including phenoxy) is 1. The van der Waals surface area contributed by atoms with Gasteiger partial charge in [0.05, 0.1) is 35.5 Å². The Balaban J connectivity index is 1.63. The summed E-state index contributed by atoms with van der Waals surface area (Å²) in [6, 6.07) is 2.02. The van der Waals surface area contributed by atoms with E-state index in [2.05, 4.69) is 31.8 Å². The van der Waals surface area contributed by atoms with Crippen molar-refractivity contribution in [3.05, 3.63) is 34.2 Å². The van der Waals surface area contributed by atoms with Crippen molar-refractivity contribution in [3.63, 3.8) is 0 Å². The van der Waals surface area contributed by atoms with Gasteiger partial charge in [-0.3, -0.25) is 0 Å². The fourth-order valence-corrected chi connectivity index (χ4v) is 4.61. The molecule has 0 aliphatic carbocycles. The van der Waals surface area contributed by atoms with Gasteiger partial charge in [-0.25, -0.2) is 19.7 Å². The topological polar surface area (TPSA) is 105 Å². The Morgan fingerprint density at radius 2 is 2.03 bits per heavy atom. The van der Waals surface area contributed by atoms with Crippen LogP contribution in [0.1, 0.15) is 28.6 Å². The molecular weight excluding hydrogens is 428 g/mol. The molecule has 0 saturated carbocycles. The average Bonchev–Trinajstić information content (AvgIpc) is 3.15. The predicted octanol–water partition coefficient (Wildman–Crippen LogP) is 3.09. The predicted molar refractivity (Wildman–Crippen MR) is 116 cm³/mol. The van der Waals surface area contributed by atoms with Crippen molar-refractivity contribution in [3.8, 4) is 0 Å². The van der Waals surface area contributed by atoms with Crippen molar-refractivity contribution in [2.45, 2.75) is 19.9 Å². The number of aromatic nitrogens is 4. The minimum Gasteiger partial charge on any atom is -0.478 e. The first-order valence-corrected chi connectivity index (χ1v) is 10.8. The van der Waals surface area contributed by atoms with E-state index in [-0.39, 0.29) is 10.8 Å². The molecule has 4 heterocycles. The largest absolute Gasteiger partial charge is 0.478 e. The highest BCUT2D eigenvalue weighted by Crippen LogP contribution is 2.34. The second-order valence-electron chi connectivity index (χ2n) is 6.84. The van der Waals surface area contributed by atoms with Gasteiger partial charge in [-0.05, 0) is 24.1 Å². The summed E-state index contributed by atoms with van der Waals surface area (Å²) in [7, 11) is 0. The second kappa shape index (κ2) is 9.07. The summed E-state index contributed by atoms with van der Waals surface area (Å²) < 4.78 is 6.44. The molecule has 0 aromatic carbocycles. The van der Waals surface area contributed by atoms with Gasteiger partial charge in [0.2, 0.25) is 11.2 Å². The first-order chi connectivity index (χ1) is 14.5. The molecule has 0 bridgehead atoms. The molecule has 1 aliphatic heterocycles. The van der Waals surface area contributed by atoms with E-state index < -0.39 is 5.97 Å². The Hall–Kier alpha value is -2.56. The summed E-state index contributed by atoms with van der Waals surface area (Å²) >= 11 is 7.82. The third-order valence-corrected chi connectivity index (χ3v) is 5.97. The van der Waals surface area contributed by atoms with E-state index in [4.69, 9.17) is 21.4 Å². The molecule has 11 heteroatoms. The summed E-state index contributed by atoms with van der Waals surface area (Å²) in [5.41, 5.74) is 0.882. The molecule has 1 saturated heterocycles. The fourth-order valence-electron chi connectivity index (χ4n) is 3.31. The van der Waals surface area contributed by atoms with Crippen LogP contribution in [0.15, 0.2) is 18.5 Å². The van der Waals surface area contributed by atoms with Crippen molar-refractivity contribution in [2.75, 3.05) is 42.6 Å². The third-order valence-electron chi connectivity index (χ3n) is 4.70. The quantitative estimate of drug-likeness (QED) is 0.546. The number of carboxylic acids is 1. The van der Waals surface area contributed by atoms with Crippen LogP contribution in [0.5, 0.6) is 0 Å². The number of halogens is 1. The average molecular weight is 449 g/mol. The molecule has 1 fully saturated rings. The first-order valence-electron chi connectivity index (χ1n) is 9.64. The zero-order valence-corrected chi connectivity index (χ0v) is 18.0. The summed E-state index contributed by atoms with van der Waals surface area (Å²) in [6.45, 7) is 6.25. The smallest absolute Gasteiger partial charge is 0.338 e. The van der Waals surface area contributed by atoms with Crippen molar-refractivity contribution in [2.24, 2.45) is 0 Å². The van der Waals surface area contributed by atoms with Crippen LogP contribution in [-0.4, -0.2) is 63.9 Å². The number of aromatic carboxylic acids is 1. The number of carbonyl (C=O) groups is 1. The van der Waals surface area contributed by atoms with Crippen molar-refractivity contribution in [1.29, 1.82) is 0 Å². The van der Waals surface area contributed by atoms with Gasteiger partial charge >= 0.3 is 5.97 Å².